The van der Waals surface area contributed by atoms with E-state index in [0.717, 1.165) is 43.1 Å². The fourth-order valence-electron chi connectivity index (χ4n) is 3.93. The highest BCUT2D eigenvalue weighted by Crippen LogP contribution is 2.33. The van der Waals surface area contributed by atoms with Crippen LogP contribution in [0.25, 0.3) is 21.8 Å². The molecule has 2 heterocycles. The van der Waals surface area contributed by atoms with Crippen LogP contribution in [0.5, 0.6) is 0 Å². The van der Waals surface area contributed by atoms with E-state index in [1.807, 2.05) is 62.1 Å². The normalized spacial score (nSPS) is 12.6. The molecule has 0 aliphatic heterocycles. The summed E-state index contributed by atoms with van der Waals surface area (Å²) in [6, 6.07) is 12.2. The van der Waals surface area contributed by atoms with Gasteiger partial charge in [-0.3, -0.25) is 9.36 Å². The Labute approximate surface area is 172 Å². The van der Waals surface area contributed by atoms with E-state index in [1.165, 1.54) is 0 Å². The van der Waals surface area contributed by atoms with E-state index in [-0.39, 0.29) is 11.6 Å². The predicted octanol–water partition coefficient (Wildman–Crippen LogP) is 5.15. The van der Waals surface area contributed by atoms with Gasteiger partial charge in [0.1, 0.15) is 5.65 Å². The number of aryl methyl sites for hydroxylation is 3. The van der Waals surface area contributed by atoms with Crippen LogP contribution in [0.15, 0.2) is 51.9 Å². The molecular formula is C22H23BrN4O. The topological polar surface area (TPSA) is 51.9 Å². The van der Waals surface area contributed by atoms with E-state index in [0.29, 0.717) is 6.54 Å². The standard InChI is InChI=1S/C22H23BrN4O/c1-5-27-21-17(12-24-27)20-15(10-13(2)11-16(20)22(28)26(21)4)14(3)25-19-9-7-6-8-18(19)23/h6-12,14,25H,5H2,1-4H3. The van der Waals surface area contributed by atoms with Gasteiger partial charge in [0.15, 0.2) is 0 Å². The minimum atomic E-state index is 0.00995. The van der Waals surface area contributed by atoms with Gasteiger partial charge in [-0.1, -0.05) is 18.2 Å². The van der Waals surface area contributed by atoms with Gasteiger partial charge in [-0.05, 0) is 66.0 Å². The molecule has 0 aliphatic rings. The van der Waals surface area contributed by atoms with E-state index < -0.39 is 0 Å². The molecular weight excluding hydrogens is 416 g/mol. The average molecular weight is 439 g/mol. The van der Waals surface area contributed by atoms with Crippen molar-refractivity contribution in [3.63, 3.8) is 0 Å². The van der Waals surface area contributed by atoms with Crippen molar-refractivity contribution < 1.29 is 0 Å². The molecule has 0 fully saturated rings. The first-order chi connectivity index (χ1) is 13.4. The molecule has 0 saturated heterocycles. The zero-order valence-electron chi connectivity index (χ0n) is 16.5. The van der Waals surface area contributed by atoms with E-state index >= 15 is 0 Å². The Balaban J connectivity index is 2.00. The first-order valence-corrected chi connectivity index (χ1v) is 10.2. The fourth-order valence-corrected chi connectivity index (χ4v) is 4.33. The number of hydrogen-bond acceptors (Lipinski definition) is 3. The van der Waals surface area contributed by atoms with Crippen LogP contribution in [-0.4, -0.2) is 14.3 Å². The van der Waals surface area contributed by atoms with Gasteiger partial charge in [0.05, 0.1) is 6.20 Å². The highest BCUT2D eigenvalue weighted by Gasteiger charge is 2.19. The summed E-state index contributed by atoms with van der Waals surface area (Å²) in [5.41, 5.74) is 4.06. The van der Waals surface area contributed by atoms with Crippen molar-refractivity contribution in [2.24, 2.45) is 7.05 Å². The first-order valence-electron chi connectivity index (χ1n) is 9.42. The van der Waals surface area contributed by atoms with Gasteiger partial charge in [-0.25, -0.2) is 4.68 Å². The number of hydrogen-bond donors (Lipinski definition) is 1. The summed E-state index contributed by atoms with van der Waals surface area (Å²) in [7, 11) is 1.82. The monoisotopic (exact) mass is 438 g/mol. The summed E-state index contributed by atoms with van der Waals surface area (Å²) in [6.07, 6.45) is 1.88. The largest absolute Gasteiger partial charge is 0.378 e. The van der Waals surface area contributed by atoms with Gasteiger partial charge in [-0.2, -0.15) is 5.10 Å². The summed E-state index contributed by atoms with van der Waals surface area (Å²) in [5, 5.41) is 10.8. The van der Waals surface area contributed by atoms with Crippen LogP contribution in [-0.2, 0) is 13.6 Å². The molecule has 144 valence electrons. The Bertz CT molecular complexity index is 1260. The number of halogens is 1. The molecule has 1 N–H and O–H groups in total. The molecule has 0 radical (unpaired) electrons. The Kier molecular flexibility index (Phi) is 4.75. The fraction of sp³-hybridized carbons (Fsp3) is 0.273. The molecule has 1 atom stereocenters. The number of para-hydroxylation sites is 1. The van der Waals surface area contributed by atoms with Gasteiger partial charge >= 0.3 is 0 Å². The summed E-state index contributed by atoms with van der Waals surface area (Å²) in [6.45, 7) is 6.91. The van der Waals surface area contributed by atoms with Crippen LogP contribution in [0.4, 0.5) is 5.69 Å². The molecule has 1 unspecified atom stereocenters. The Hall–Kier alpha value is -2.60. The quantitative estimate of drug-likeness (QED) is 0.479. The summed E-state index contributed by atoms with van der Waals surface area (Å²) >= 11 is 3.61. The summed E-state index contributed by atoms with van der Waals surface area (Å²) in [5.74, 6) is 0. The van der Waals surface area contributed by atoms with Crippen molar-refractivity contribution in [3.8, 4) is 0 Å². The lowest BCUT2D eigenvalue weighted by atomic mass is 9.96. The van der Waals surface area contributed by atoms with Gasteiger partial charge in [-0.15, -0.1) is 0 Å². The molecule has 4 aromatic rings. The number of benzene rings is 2. The van der Waals surface area contributed by atoms with Crippen LogP contribution < -0.4 is 10.9 Å². The minimum absolute atomic E-state index is 0.00995. The van der Waals surface area contributed by atoms with E-state index in [1.54, 1.807) is 4.57 Å². The molecule has 0 saturated carbocycles. The lowest BCUT2D eigenvalue weighted by molar-refractivity contribution is 0.659. The van der Waals surface area contributed by atoms with Crippen molar-refractivity contribution in [1.82, 2.24) is 14.3 Å². The molecule has 6 heteroatoms. The highest BCUT2D eigenvalue weighted by molar-refractivity contribution is 9.10. The average Bonchev–Trinajstić information content (AvgIpc) is 3.11. The van der Waals surface area contributed by atoms with Crippen molar-refractivity contribution in [1.29, 1.82) is 0 Å². The first kappa shape index (κ1) is 18.7. The Morgan fingerprint density at radius 1 is 1.21 bits per heavy atom. The molecule has 0 spiro atoms. The highest BCUT2D eigenvalue weighted by atomic mass is 79.9. The molecule has 5 nitrogen and oxygen atoms in total. The van der Waals surface area contributed by atoms with Crippen LogP contribution >= 0.6 is 15.9 Å². The maximum atomic E-state index is 13.1. The molecule has 0 aliphatic carbocycles. The smallest absolute Gasteiger partial charge is 0.259 e. The van der Waals surface area contributed by atoms with Crippen molar-refractivity contribution in [2.75, 3.05) is 5.32 Å². The predicted molar refractivity (Wildman–Crippen MR) is 119 cm³/mol. The van der Waals surface area contributed by atoms with Crippen LogP contribution in [0, 0.1) is 6.92 Å². The molecule has 4 rings (SSSR count). The van der Waals surface area contributed by atoms with Crippen LogP contribution in [0.2, 0.25) is 0 Å². The molecule has 28 heavy (non-hydrogen) atoms. The SMILES string of the molecule is CCn1ncc2c3c(C(C)Nc4ccccc4Br)cc(C)cc3c(=O)n(C)c21. The number of rotatable bonds is 4. The third-order valence-electron chi connectivity index (χ3n) is 5.26. The number of anilines is 1. The number of aromatic nitrogens is 3. The summed E-state index contributed by atoms with van der Waals surface area (Å²) in [4.78, 5) is 13.1. The van der Waals surface area contributed by atoms with Gasteiger partial charge in [0.2, 0.25) is 0 Å². The second-order valence-electron chi connectivity index (χ2n) is 7.18. The zero-order chi connectivity index (χ0) is 20.0. The van der Waals surface area contributed by atoms with Gasteiger partial charge in [0.25, 0.3) is 5.56 Å². The maximum absolute atomic E-state index is 13.1. The molecule has 2 aromatic heterocycles. The van der Waals surface area contributed by atoms with Gasteiger partial charge in [0, 0.05) is 46.0 Å². The second-order valence-corrected chi connectivity index (χ2v) is 8.04. The zero-order valence-corrected chi connectivity index (χ0v) is 18.0. The van der Waals surface area contributed by atoms with Crippen molar-refractivity contribution in [2.45, 2.75) is 33.4 Å². The third-order valence-corrected chi connectivity index (χ3v) is 5.95. The number of fused-ring (bicyclic) bond motifs is 3. The van der Waals surface area contributed by atoms with Crippen LogP contribution in [0.3, 0.4) is 0 Å². The molecule has 0 amide bonds. The second kappa shape index (κ2) is 7.09. The maximum Gasteiger partial charge on any atom is 0.259 e. The lowest BCUT2D eigenvalue weighted by Gasteiger charge is -2.20. The number of nitrogens with zero attached hydrogens (tertiary/aromatic N) is 3. The summed E-state index contributed by atoms with van der Waals surface area (Å²) < 4.78 is 4.60. The Morgan fingerprint density at radius 3 is 2.68 bits per heavy atom. The third kappa shape index (κ3) is 2.92. The minimum Gasteiger partial charge on any atom is -0.378 e. The molecule has 2 aromatic carbocycles. The Morgan fingerprint density at radius 2 is 1.96 bits per heavy atom. The van der Waals surface area contributed by atoms with Crippen LogP contribution in [0.1, 0.15) is 31.0 Å². The van der Waals surface area contributed by atoms with Crippen molar-refractivity contribution in [3.05, 3.63) is 68.5 Å². The van der Waals surface area contributed by atoms with E-state index in [2.05, 4.69) is 39.3 Å². The van der Waals surface area contributed by atoms with E-state index in [9.17, 15) is 4.79 Å². The number of pyridine rings is 1. The molecule has 0 bridgehead atoms. The lowest BCUT2D eigenvalue weighted by Crippen LogP contribution is -2.20. The number of nitrogens with one attached hydrogen (secondary N) is 1. The van der Waals surface area contributed by atoms with Crippen molar-refractivity contribution >= 4 is 43.4 Å². The van der Waals surface area contributed by atoms with Gasteiger partial charge < -0.3 is 5.32 Å². The van der Waals surface area contributed by atoms with E-state index in [4.69, 9.17) is 0 Å².